The molecule has 0 bridgehead atoms. The zero-order valence-electron chi connectivity index (χ0n) is 18.9. The first-order chi connectivity index (χ1) is 13.7. The molecule has 0 amide bonds. The van der Waals surface area contributed by atoms with Gasteiger partial charge in [-0.15, -0.1) is 0 Å². The Balaban J connectivity index is 1.72. The second kappa shape index (κ2) is 6.60. The highest BCUT2D eigenvalue weighted by molar-refractivity contribution is 6.74. The molecule has 0 radical (unpaired) electrons. The van der Waals surface area contributed by atoms with Crippen LogP contribution in [0.25, 0.3) is 0 Å². The third-order valence-corrected chi connectivity index (χ3v) is 11.1. The van der Waals surface area contributed by atoms with Crippen LogP contribution < -0.4 is 11.2 Å². The highest BCUT2D eigenvalue weighted by Gasteiger charge is 2.68. The molecule has 0 unspecified atom stereocenters. The molecule has 0 saturated carbocycles. The molecule has 0 aliphatic carbocycles. The van der Waals surface area contributed by atoms with E-state index in [1.54, 1.807) is 6.92 Å². The minimum absolute atomic E-state index is 0.0381. The van der Waals surface area contributed by atoms with Gasteiger partial charge in [-0.05, 0) is 38.9 Å². The van der Waals surface area contributed by atoms with Crippen molar-refractivity contribution < 1.29 is 23.4 Å². The Morgan fingerprint density at radius 1 is 1.17 bits per heavy atom. The van der Waals surface area contributed by atoms with Gasteiger partial charge in [0.05, 0.1) is 12.3 Å². The summed E-state index contributed by atoms with van der Waals surface area (Å²) < 4.78 is 32.6. The van der Waals surface area contributed by atoms with Crippen molar-refractivity contribution in [1.82, 2.24) is 9.55 Å². The van der Waals surface area contributed by atoms with Crippen LogP contribution >= 0.6 is 0 Å². The Morgan fingerprint density at radius 2 is 1.83 bits per heavy atom. The van der Waals surface area contributed by atoms with Gasteiger partial charge in [-0.2, -0.15) is 0 Å². The maximum Gasteiger partial charge on any atom is 0.332 e. The van der Waals surface area contributed by atoms with Gasteiger partial charge in [-0.1, -0.05) is 20.8 Å². The summed E-state index contributed by atoms with van der Waals surface area (Å²) in [6, 6.07) is 1.36. The molecule has 10 heteroatoms. The molecule has 3 aliphatic heterocycles. The maximum absolute atomic E-state index is 12.8. The summed E-state index contributed by atoms with van der Waals surface area (Å²) in [6.07, 6.45) is -2.19. The van der Waals surface area contributed by atoms with Crippen molar-refractivity contribution >= 4 is 8.32 Å². The SMILES string of the molecule is C[C@H]1O[C@]2(O[C@H](CO[Si](C)(C)C(C)(C)C)[C@H]3OC(C)(C)O[C@H]32)n2c1cc(=O)[nH]c2=O. The number of fused-ring (bicyclic) bond motifs is 4. The first-order valence-electron chi connectivity index (χ1n) is 10.4. The predicted molar refractivity (Wildman–Crippen MR) is 111 cm³/mol. The molecule has 2 fully saturated rings. The van der Waals surface area contributed by atoms with Crippen molar-refractivity contribution in [3.05, 3.63) is 32.6 Å². The fourth-order valence-electron chi connectivity index (χ4n) is 4.11. The summed E-state index contributed by atoms with van der Waals surface area (Å²) in [5.41, 5.74) is -0.628. The summed E-state index contributed by atoms with van der Waals surface area (Å²) in [5, 5.41) is 0.0381. The van der Waals surface area contributed by atoms with E-state index in [0.29, 0.717) is 12.3 Å². The van der Waals surface area contributed by atoms with Gasteiger partial charge in [-0.25, -0.2) is 9.36 Å². The van der Waals surface area contributed by atoms with Crippen LogP contribution in [0.15, 0.2) is 15.7 Å². The molecule has 1 aromatic rings. The summed E-state index contributed by atoms with van der Waals surface area (Å²) >= 11 is 0. The van der Waals surface area contributed by atoms with Crippen LogP contribution in [0.4, 0.5) is 0 Å². The number of hydrogen-bond acceptors (Lipinski definition) is 7. The van der Waals surface area contributed by atoms with Gasteiger partial charge in [0.25, 0.3) is 11.5 Å². The summed E-state index contributed by atoms with van der Waals surface area (Å²) in [5.74, 6) is -2.39. The van der Waals surface area contributed by atoms with E-state index in [4.69, 9.17) is 23.4 Å². The van der Waals surface area contributed by atoms with E-state index in [9.17, 15) is 9.59 Å². The fraction of sp³-hybridized carbons (Fsp3) is 0.800. The van der Waals surface area contributed by atoms with Gasteiger partial charge in [0.1, 0.15) is 18.3 Å². The average molecular weight is 441 g/mol. The third kappa shape index (κ3) is 3.25. The molecule has 30 heavy (non-hydrogen) atoms. The topological polar surface area (TPSA) is 101 Å². The van der Waals surface area contributed by atoms with E-state index in [2.05, 4.69) is 38.8 Å². The number of nitrogens with zero attached hydrogens (tertiary/aromatic N) is 1. The van der Waals surface area contributed by atoms with Crippen LogP contribution in [0.1, 0.15) is 53.3 Å². The quantitative estimate of drug-likeness (QED) is 0.719. The highest BCUT2D eigenvalue weighted by atomic mass is 28.4. The second-order valence-corrected chi connectivity index (χ2v) is 15.1. The van der Waals surface area contributed by atoms with Crippen LogP contribution in [0, 0.1) is 0 Å². The zero-order valence-corrected chi connectivity index (χ0v) is 19.9. The van der Waals surface area contributed by atoms with Crippen LogP contribution in [0.2, 0.25) is 18.1 Å². The van der Waals surface area contributed by atoms with Crippen molar-refractivity contribution in [3.8, 4) is 0 Å². The number of nitrogens with one attached hydrogen (secondary N) is 1. The highest BCUT2D eigenvalue weighted by Crippen LogP contribution is 2.52. The summed E-state index contributed by atoms with van der Waals surface area (Å²) in [4.78, 5) is 26.9. The van der Waals surface area contributed by atoms with Crippen molar-refractivity contribution in [2.45, 2.75) is 95.8 Å². The molecular weight excluding hydrogens is 408 g/mol. The third-order valence-electron chi connectivity index (χ3n) is 6.63. The van der Waals surface area contributed by atoms with E-state index in [0.717, 1.165) is 0 Å². The smallest absolute Gasteiger partial charge is 0.332 e. The Morgan fingerprint density at radius 3 is 2.47 bits per heavy atom. The predicted octanol–water partition coefficient (Wildman–Crippen LogP) is 2.18. The van der Waals surface area contributed by atoms with Gasteiger partial charge in [0.15, 0.2) is 20.2 Å². The number of aromatic nitrogens is 2. The number of ether oxygens (including phenoxy) is 4. The average Bonchev–Trinajstić information content (AvgIpc) is 3.14. The van der Waals surface area contributed by atoms with Gasteiger partial charge >= 0.3 is 5.69 Å². The van der Waals surface area contributed by atoms with E-state index < -0.39 is 55.7 Å². The first-order valence-corrected chi connectivity index (χ1v) is 13.3. The number of aromatic amines is 1. The van der Waals surface area contributed by atoms with E-state index in [-0.39, 0.29) is 5.04 Å². The number of hydrogen-bond donors (Lipinski definition) is 1. The molecule has 1 aromatic heterocycles. The summed E-state index contributed by atoms with van der Waals surface area (Å²) in [7, 11) is -2.04. The minimum atomic E-state index is -2.04. The summed E-state index contributed by atoms with van der Waals surface area (Å²) in [6.45, 7) is 16.6. The van der Waals surface area contributed by atoms with E-state index in [1.807, 2.05) is 13.8 Å². The van der Waals surface area contributed by atoms with Crippen molar-refractivity contribution in [1.29, 1.82) is 0 Å². The Bertz CT molecular complexity index is 963. The second-order valence-electron chi connectivity index (χ2n) is 10.3. The molecule has 3 aliphatic rings. The molecule has 2 saturated heterocycles. The number of rotatable bonds is 3. The van der Waals surface area contributed by atoms with Gasteiger partial charge in [0.2, 0.25) is 0 Å². The van der Waals surface area contributed by atoms with E-state index >= 15 is 0 Å². The first kappa shape index (κ1) is 21.9. The largest absolute Gasteiger partial charge is 0.414 e. The lowest BCUT2D eigenvalue weighted by atomic mass is 10.1. The van der Waals surface area contributed by atoms with E-state index in [1.165, 1.54) is 10.6 Å². The maximum atomic E-state index is 12.8. The molecule has 1 N–H and O–H groups in total. The van der Waals surface area contributed by atoms with Crippen LogP contribution in [-0.4, -0.2) is 48.6 Å². The minimum Gasteiger partial charge on any atom is -0.414 e. The Hall–Kier alpha value is -1.30. The van der Waals surface area contributed by atoms with Crippen molar-refractivity contribution in [2.24, 2.45) is 0 Å². The fourth-order valence-corrected chi connectivity index (χ4v) is 5.12. The molecular formula is C20H32N2O7Si. The zero-order chi connectivity index (χ0) is 22.3. The van der Waals surface area contributed by atoms with Gasteiger partial charge in [0, 0.05) is 6.07 Å². The molecule has 168 valence electrons. The lowest BCUT2D eigenvalue weighted by molar-refractivity contribution is -0.335. The van der Waals surface area contributed by atoms with Crippen molar-refractivity contribution in [3.63, 3.8) is 0 Å². The molecule has 5 atom stereocenters. The molecule has 0 aromatic carbocycles. The van der Waals surface area contributed by atoms with Gasteiger partial charge < -0.3 is 23.4 Å². The Kier molecular flexibility index (Phi) is 4.82. The van der Waals surface area contributed by atoms with Crippen molar-refractivity contribution in [2.75, 3.05) is 6.61 Å². The standard InChI is InChI=1S/C20H32N2O7Si/c1-11-12-9-14(23)21-17(24)22(12)20(26-11)16-15(28-19(5,6)29-16)13(27-20)10-25-30(7,8)18(2,3)4/h9,11,13,15-16H,10H2,1-8H3,(H,21,23,24)/t11-,13-,15-,16-,20-/m1/s1. The normalized spacial score (nSPS) is 35.1. The molecule has 4 rings (SSSR count). The number of H-pyrrole nitrogens is 1. The van der Waals surface area contributed by atoms with Gasteiger partial charge in [-0.3, -0.25) is 9.78 Å². The molecule has 4 heterocycles. The van der Waals surface area contributed by atoms with Crippen LogP contribution in [-0.2, 0) is 29.3 Å². The molecule has 9 nitrogen and oxygen atoms in total. The monoisotopic (exact) mass is 440 g/mol. The lowest BCUT2D eigenvalue weighted by Crippen LogP contribution is -2.50. The molecule has 1 spiro atoms. The van der Waals surface area contributed by atoms with Crippen LogP contribution in [0.3, 0.4) is 0 Å². The lowest BCUT2D eigenvalue weighted by Gasteiger charge is -2.37. The van der Waals surface area contributed by atoms with Crippen LogP contribution in [0.5, 0.6) is 0 Å². The Labute approximate surface area is 176 Å².